The lowest BCUT2D eigenvalue weighted by molar-refractivity contribution is 0.0527. The molecule has 3 aromatic rings. The molecule has 0 aromatic heterocycles. The number of rotatable bonds is 9. The van der Waals surface area contributed by atoms with E-state index in [-0.39, 0.29) is 29.9 Å². The Hall–Kier alpha value is -3.36. The number of carbonyl (C=O) groups is 1. The van der Waals surface area contributed by atoms with Crippen molar-refractivity contribution in [3.8, 4) is 11.5 Å². The van der Waals surface area contributed by atoms with Crippen molar-refractivity contribution in [2.45, 2.75) is 70.3 Å². The lowest BCUT2D eigenvalue weighted by Crippen LogP contribution is -2.37. The quantitative estimate of drug-likeness (QED) is 0.0778. The molecule has 1 aliphatic heterocycles. The zero-order valence-electron chi connectivity index (χ0n) is 23.5. The van der Waals surface area contributed by atoms with Gasteiger partial charge in [-0.2, -0.15) is 0 Å². The van der Waals surface area contributed by atoms with E-state index in [0.717, 1.165) is 71.5 Å². The van der Waals surface area contributed by atoms with Gasteiger partial charge in [0.2, 0.25) is 0 Å². The summed E-state index contributed by atoms with van der Waals surface area (Å²) in [5.74, 6) is 2.06. The van der Waals surface area contributed by atoms with E-state index in [4.69, 9.17) is 15.9 Å². The molecule has 7 nitrogen and oxygen atoms in total. The smallest absolute Gasteiger partial charge is 0.255 e. The molecule has 1 amide bonds. The Morgan fingerprint density at radius 2 is 1.62 bits per heavy atom. The van der Waals surface area contributed by atoms with Crippen LogP contribution in [0.2, 0.25) is 0 Å². The lowest BCUT2D eigenvalue weighted by Gasteiger charge is -2.38. The monoisotopic (exact) mass is 582 g/mol. The molecule has 6 N–H and O–H groups in total. The molecule has 1 aliphatic rings. The van der Waals surface area contributed by atoms with E-state index in [1.54, 1.807) is 24.3 Å². The van der Waals surface area contributed by atoms with Crippen LogP contribution in [0.5, 0.6) is 11.5 Å². The molecule has 214 valence electrons. The highest BCUT2D eigenvalue weighted by Crippen LogP contribution is 2.44. The first kappa shape index (κ1) is 31.2. The predicted octanol–water partition coefficient (Wildman–Crippen LogP) is 7.34. The van der Waals surface area contributed by atoms with Gasteiger partial charge < -0.3 is 26.2 Å². The third-order valence-corrected chi connectivity index (χ3v) is 8.60. The average molecular weight is 583 g/mol. The molecule has 4 rings (SSSR count). The second kappa shape index (κ2) is 13.3. The number of anilines is 2. The maximum atomic E-state index is 12.5. The second-order valence-corrected chi connectivity index (χ2v) is 11.7. The average Bonchev–Trinajstić information content (AvgIpc) is 2.91. The summed E-state index contributed by atoms with van der Waals surface area (Å²) in [4.78, 5) is 13.7. The van der Waals surface area contributed by atoms with Gasteiger partial charge in [0.1, 0.15) is 17.1 Å². The minimum Gasteiger partial charge on any atom is -0.507 e. The largest absolute Gasteiger partial charge is 0.507 e. The van der Waals surface area contributed by atoms with E-state index in [1.165, 1.54) is 4.90 Å². The normalized spacial score (nSPS) is 15.8. The third-order valence-electron chi connectivity index (χ3n) is 7.50. The molecule has 0 spiro atoms. The Morgan fingerprint density at radius 1 is 1.00 bits per heavy atom. The van der Waals surface area contributed by atoms with E-state index >= 15 is 0 Å². The number of aromatic hydroxyl groups is 1. The molecule has 9 heteroatoms. The van der Waals surface area contributed by atoms with Crippen molar-refractivity contribution in [3.05, 3.63) is 76.3 Å². The number of phenols is 1. The number of benzene rings is 3. The Morgan fingerprint density at radius 3 is 2.27 bits per heavy atom. The molecular formula is C31H39ClN4O3S. The predicted molar refractivity (Wildman–Crippen MR) is 168 cm³/mol. The molecule has 1 atom stereocenters. The van der Waals surface area contributed by atoms with Gasteiger partial charge in [-0.1, -0.05) is 0 Å². The van der Waals surface area contributed by atoms with E-state index in [1.807, 2.05) is 56.8 Å². The topological polar surface area (TPSA) is 120 Å². The van der Waals surface area contributed by atoms with Crippen molar-refractivity contribution in [3.63, 3.8) is 0 Å². The number of hydrogen-bond donors (Lipinski definition) is 5. The standard InChI is InChI=1S/C31H38N4O3S.ClH/c1-19-20(2)28-26(21(3)27(19)36)15-17-31(4,38-28)16-5-6-18-39-25-13-11-23(12-14-25)34-29(37)22-7-9-24(10-8-22)35-30(32)33;/h7-14,36H,5-6,15-18H2,1-4H3,(H,34,37)(H4,32,33,35);1H. The Labute approximate surface area is 247 Å². The highest BCUT2D eigenvalue weighted by molar-refractivity contribution is 7.99. The van der Waals surface area contributed by atoms with Gasteiger partial charge in [-0.3, -0.25) is 10.2 Å². The summed E-state index contributed by atoms with van der Waals surface area (Å²) in [6.07, 6.45) is 5.08. The van der Waals surface area contributed by atoms with Crippen LogP contribution in [0.3, 0.4) is 0 Å². The van der Waals surface area contributed by atoms with Crippen molar-refractivity contribution in [2.24, 2.45) is 5.73 Å². The van der Waals surface area contributed by atoms with Crippen molar-refractivity contribution in [1.82, 2.24) is 0 Å². The van der Waals surface area contributed by atoms with Gasteiger partial charge >= 0.3 is 0 Å². The van der Waals surface area contributed by atoms with Gasteiger partial charge in [-0.05, 0) is 131 Å². The number of fused-ring (bicyclic) bond motifs is 1. The summed E-state index contributed by atoms with van der Waals surface area (Å²) in [5, 5.41) is 23.3. The van der Waals surface area contributed by atoms with E-state index < -0.39 is 0 Å². The minimum atomic E-state index is -0.192. The van der Waals surface area contributed by atoms with Crippen LogP contribution >= 0.6 is 24.2 Å². The number of nitrogens with one attached hydrogen (secondary N) is 3. The number of unbranched alkanes of at least 4 members (excludes halogenated alkanes) is 1. The Balaban J connectivity index is 0.00000441. The molecule has 0 radical (unpaired) electrons. The first-order valence-corrected chi connectivity index (χ1v) is 14.3. The molecule has 1 unspecified atom stereocenters. The molecule has 0 fully saturated rings. The van der Waals surface area contributed by atoms with Gasteiger partial charge in [-0.15, -0.1) is 24.2 Å². The van der Waals surface area contributed by atoms with Crippen LogP contribution in [0.1, 0.15) is 65.2 Å². The van der Waals surface area contributed by atoms with Crippen molar-refractivity contribution >= 4 is 47.4 Å². The minimum absolute atomic E-state index is 0. The van der Waals surface area contributed by atoms with Crippen LogP contribution < -0.4 is 21.1 Å². The highest BCUT2D eigenvalue weighted by atomic mass is 35.5. The Kier molecular flexibility index (Phi) is 10.4. The molecule has 0 saturated carbocycles. The number of thioether (sulfide) groups is 1. The summed E-state index contributed by atoms with van der Waals surface area (Å²) in [5.41, 5.74) is 11.2. The van der Waals surface area contributed by atoms with Gasteiger partial charge in [-0.25, -0.2) is 0 Å². The van der Waals surface area contributed by atoms with Crippen molar-refractivity contribution in [1.29, 1.82) is 5.41 Å². The van der Waals surface area contributed by atoms with E-state index in [2.05, 4.69) is 17.6 Å². The molecule has 0 aliphatic carbocycles. The maximum absolute atomic E-state index is 12.5. The number of nitrogens with two attached hydrogens (primary N) is 1. The highest BCUT2D eigenvalue weighted by Gasteiger charge is 2.34. The van der Waals surface area contributed by atoms with Gasteiger partial charge in [0, 0.05) is 27.4 Å². The zero-order chi connectivity index (χ0) is 28.2. The van der Waals surface area contributed by atoms with Crippen LogP contribution in [-0.2, 0) is 6.42 Å². The first-order chi connectivity index (χ1) is 18.6. The van der Waals surface area contributed by atoms with Gasteiger partial charge in [0.05, 0.1) is 0 Å². The number of halogens is 1. The molecule has 0 bridgehead atoms. The van der Waals surface area contributed by atoms with Crippen LogP contribution in [-0.4, -0.2) is 28.3 Å². The van der Waals surface area contributed by atoms with Crippen molar-refractivity contribution < 1.29 is 14.6 Å². The van der Waals surface area contributed by atoms with Crippen LogP contribution in [0.15, 0.2) is 53.4 Å². The Bertz CT molecular complexity index is 1360. The fourth-order valence-electron chi connectivity index (χ4n) is 4.96. The number of carbonyl (C=O) groups excluding carboxylic acids is 1. The fourth-order valence-corrected chi connectivity index (χ4v) is 5.87. The summed E-state index contributed by atoms with van der Waals surface area (Å²) < 4.78 is 6.56. The summed E-state index contributed by atoms with van der Waals surface area (Å²) in [6.45, 7) is 8.20. The molecule has 3 aromatic carbocycles. The maximum Gasteiger partial charge on any atom is 0.255 e. The summed E-state index contributed by atoms with van der Waals surface area (Å²) in [7, 11) is 0. The van der Waals surface area contributed by atoms with Gasteiger partial charge in [0.25, 0.3) is 5.91 Å². The molecule has 0 saturated heterocycles. The summed E-state index contributed by atoms with van der Waals surface area (Å²) in [6, 6.07) is 14.7. The van der Waals surface area contributed by atoms with Gasteiger partial charge in [0.15, 0.2) is 5.96 Å². The first-order valence-electron chi connectivity index (χ1n) is 13.3. The van der Waals surface area contributed by atoms with Crippen LogP contribution in [0.25, 0.3) is 0 Å². The SMILES string of the molecule is Cc1c(C)c2c(c(C)c1O)CCC(C)(CCCCSc1ccc(NC(=O)c3ccc(NC(=N)N)cc3)cc1)O2.Cl. The number of amides is 1. The zero-order valence-corrected chi connectivity index (χ0v) is 25.2. The summed E-state index contributed by atoms with van der Waals surface area (Å²) >= 11 is 1.82. The second-order valence-electron chi connectivity index (χ2n) is 10.5. The number of phenolic OH excluding ortho intramolecular Hbond substituents is 1. The van der Waals surface area contributed by atoms with Crippen molar-refractivity contribution in [2.75, 3.05) is 16.4 Å². The molecular weight excluding hydrogens is 544 g/mol. The number of ether oxygens (including phenoxy) is 1. The fraction of sp³-hybridized carbons (Fsp3) is 0.355. The van der Waals surface area contributed by atoms with E-state index in [9.17, 15) is 9.90 Å². The van der Waals surface area contributed by atoms with Crippen LogP contribution in [0.4, 0.5) is 11.4 Å². The molecule has 1 heterocycles. The van der Waals surface area contributed by atoms with Crippen LogP contribution in [0, 0.1) is 26.2 Å². The molecule has 40 heavy (non-hydrogen) atoms. The number of hydrogen-bond acceptors (Lipinski definition) is 5. The number of guanidine groups is 1. The lowest BCUT2D eigenvalue weighted by atomic mass is 9.85. The van der Waals surface area contributed by atoms with E-state index in [0.29, 0.717) is 17.0 Å². The third kappa shape index (κ3) is 7.43.